The summed E-state index contributed by atoms with van der Waals surface area (Å²) >= 11 is 0. The van der Waals surface area contributed by atoms with Gasteiger partial charge >= 0.3 is 6.03 Å². The molecule has 3 N–H and O–H groups in total. The van der Waals surface area contributed by atoms with Crippen molar-refractivity contribution in [3.63, 3.8) is 0 Å². The molecular weight excluding hydrogens is 332 g/mol. The molecule has 4 heterocycles. The number of fused-ring (bicyclic) bond motifs is 2. The Kier molecular flexibility index (Phi) is 3.97. The van der Waals surface area contributed by atoms with E-state index in [0.29, 0.717) is 18.1 Å². The summed E-state index contributed by atoms with van der Waals surface area (Å²) < 4.78 is 7.34. The van der Waals surface area contributed by atoms with Crippen LogP contribution in [0.15, 0.2) is 18.3 Å². The molecule has 138 valence electrons. The summed E-state index contributed by atoms with van der Waals surface area (Å²) in [6.07, 6.45) is 3.71. The first-order chi connectivity index (χ1) is 12.6. The largest absolute Gasteiger partial charge is 0.493 e. The quantitative estimate of drug-likeness (QED) is 0.871. The van der Waals surface area contributed by atoms with Gasteiger partial charge in [-0.3, -0.25) is 4.68 Å². The van der Waals surface area contributed by atoms with Gasteiger partial charge in [0.05, 0.1) is 12.8 Å². The Hall–Kier alpha value is -2.77. The molecule has 0 radical (unpaired) electrons. The van der Waals surface area contributed by atoms with Gasteiger partial charge in [-0.15, -0.1) is 0 Å². The molecule has 2 aromatic rings. The number of carbonyl (C=O) groups is 1. The average Bonchev–Trinajstić information content (AvgIpc) is 3.33. The maximum absolute atomic E-state index is 12.2. The number of ether oxygens (including phenoxy) is 1. The van der Waals surface area contributed by atoms with E-state index in [1.807, 2.05) is 17.9 Å². The molecule has 1 fully saturated rings. The number of anilines is 1. The molecule has 0 aromatic carbocycles. The minimum absolute atomic E-state index is 0.00164. The molecule has 1 spiro atoms. The first-order valence-corrected chi connectivity index (χ1v) is 8.97. The van der Waals surface area contributed by atoms with E-state index in [0.717, 1.165) is 43.7 Å². The topological polar surface area (TPSA) is 98.3 Å². The lowest BCUT2D eigenvalue weighted by atomic mass is 9.82. The van der Waals surface area contributed by atoms with Crippen LogP contribution in [0.5, 0.6) is 5.75 Å². The molecule has 1 atom stereocenters. The molecule has 8 nitrogen and oxygen atoms in total. The molecule has 2 aliphatic rings. The van der Waals surface area contributed by atoms with Crippen molar-refractivity contribution >= 4 is 11.8 Å². The number of urea groups is 1. The number of amides is 2. The number of hydrogen-bond donors (Lipinski definition) is 2. The molecule has 0 unspecified atom stereocenters. The zero-order valence-electron chi connectivity index (χ0n) is 15.2. The summed E-state index contributed by atoms with van der Waals surface area (Å²) in [7, 11) is 1.58. The van der Waals surface area contributed by atoms with Crippen molar-refractivity contribution in [1.29, 1.82) is 0 Å². The minimum Gasteiger partial charge on any atom is -0.493 e. The lowest BCUT2D eigenvalue weighted by molar-refractivity contribution is 0.206. The Bertz CT molecular complexity index is 848. The van der Waals surface area contributed by atoms with Crippen LogP contribution < -0.4 is 15.8 Å². The van der Waals surface area contributed by atoms with Gasteiger partial charge in [0.1, 0.15) is 0 Å². The fourth-order valence-corrected chi connectivity index (χ4v) is 4.08. The fraction of sp³-hybridized carbons (Fsp3) is 0.500. The van der Waals surface area contributed by atoms with Gasteiger partial charge in [-0.25, -0.2) is 9.78 Å². The van der Waals surface area contributed by atoms with E-state index in [4.69, 9.17) is 15.6 Å². The summed E-state index contributed by atoms with van der Waals surface area (Å²) in [6.45, 7) is 4.99. The molecular formula is C18H24N6O2. The van der Waals surface area contributed by atoms with E-state index in [9.17, 15) is 4.79 Å². The zero-order valence-corrected chi connectivity index (χ0v) is 15.2. The second kappa shape index (κ2) is 6.19. The highest BCUT2D eigenvalue weighted by atomic mass is 16.5. The maximum Gasteiger partial charge on any atom is 0.317 e. The molecule has 2 aliphatic heterocycles. The number of nitrogens with two attached hydrogens (primary N) is 1. The smallest absolute Gasteiger partial charge is 0.317 e. The summed E-state index contributed by atoms with van der Waals surface area (Å²) in [4.78, 5) is 18.3. The van der Waals surface area contributed by atoms with E-state index in [1.54, 1.807) is 13.3 Å². The first-order valence-electron chi connectivity index (χ1n) is 8.97. The van der Waals surface area contributed by atoms with Crippen LogP contribution in [0.3, 0.4) is 0 Å². The Morgan fingerprint density at radius 3 is 2.96 bits per heavy atom. The monoisotopic (exact) mass is 356 g/mol. The first kappa shape index (κ1) is 16.7. The van der Waals surface area contributed by atoms with Gasteiger partial charge in [0.15, 0.2) is 11.6 Å². The summed E-state index contributed by atoms with van der Waals surface area (Å²) in [6, 6.07) is 4.01. The lowest BCUT2D eigenvalue weighted by Crippen LogP contribution is -2.40. The molecule has 4 rings (SSSR count). The number of aryl methyl sites for hydroxylation is 1. The number of aromatic nitrogens is 3. The van der Waals surface area contributed by atoms with Crippen molar-refractivity contribution in [2.24, 2.45) is 0 Å². The van der Waals surface area contributed by atoms with Crippen molar-refractivity contribution in [2.75, 3.05) is 32.5 Å². The van der Waals surface area contributed by atoms with Crippen molar-refractivity contribution in [3.8, 4) is 17.0 Å². The summed E-state index contributed by atoms with van der Waals surface area (Å²) in [5, 5.41) is 7.65. The molecule has 0 aliphatic carbocycles. The standard InChI is InChI=1S/C18H24N6O2/c1-3-20-17(25)23-6-4-18(11-23)5-7-24-15(18)9-13(22-24)12-8-14(26-2)16(19)21-10-12/h8-10H,3-7,11H2,1-2H3,(H2,19,21)(H,20,25)/t18-/m1/s1. The summed E-state index contributed by atoms with van der Waals surface area (Å²) in [5.74, 6) is 0.918. The molecule has 0 bridgehead atoms. The highest BCUT2D eigenvalue weighted by Gasteiger charge is 2.46. The number of nitrogens with one attached hydrogen (secondary N) is 1. The van der Waals surface area contributed by atoms with Crippen LogP contribution in [0.2, 0.25) is 0 Å². The van der Waals surface area contributed by atoms with Crippen LogP contribution in [-0.4, -0.2) is 52.4 Å². The molecule has 2 amide bonds. The van der Waals surface area contributed by atoms with Gasteiger partial charge in [-0.2, -0.15) is 5.10 Å². The number of carbonyl (C=O) groups excluding carboxylic acids is 1. The predicted molar refractivity (Wildman–Crippen MR) is 98.0 cm³/mol. The molecule has 8 heteroatoms. The number of likely N-dealkylation sites (tertiary alicyclic amines) is 1. The van der Waals surface area contributed by atoms with Gasteiger partial charge < -0.3 is 20.7 Å². The second-order valence-electron chi connectivity index (χ2n) is 6.99. The van der Waals surface area contributed by atoms with E-state index in [1.165, 1.54) is 5.69 Å². The Balaban J connectivity index is 1.62. The number of nitrogens with zero attached hydrogens (tertiary/aromatic N) is 4. The van der Waals surface area contributed by atoms with Gasteiger partial charge in [0, 0.05) is 49.0 Å². The Morgan fingerprint density at radius 2 is 2.19 bits per heavy atom. The second-order valence-corrected chi connectivity index (χ2v) is 6.99. The minimum atomic E-state index is 0.00164. The number of methoxy groups -OCH3 is 1. The predicted octanol–water partition coefficient (Wildman–Crippen LogP) is 1.61. The third-order valence-corrected chi connectivity index (χ3v) is 5.49. The van der Waals surface area contributed by atoms with E-state index < -0.39 is 0 Å². The molecule has 0 saturated carbocycles. The Labute approximate surface area is 152 Å². The number of hydrogen-bond acceptors (Lipinski definition) is 5. The van der Waals surface area contributed by atoms with Crippen molar-refractivity contribution in [3.05, 3.63) is 24.0 Å². The van der Waals surface area contributed by atoms with Crippen LogP contribution in [-0.2, 0) is 12.0 Å². The van der Waals surface area contributed by atoms with Crippen LogP contribution >= 0.6 is 0 Å². The van der Waals surface area contributed by atoms with Crippen LogP contribution in [0.1, 0.15) is 25.5 Å². The third-order valence-electron chi connectivity index (χ3n) is 5.49. The normalized spacial score (nSPS) is 21.2. The lowest BCUT2D eigenvalue weighted by Gasteiger charge is -2.23. The highest BCUT2D eigenvalue weighted by molar-refractivity contribution is 5.75. The number of pyridine rings is 1. The number of rotatable bonds is 3. The van der Waals surface area contributed by atoms with Crippen molar-refractivity contribution in [1.82, 2.24) is 25.0 Å². The van der Waals surface area contributed by atoms with Crippen LogP contribution in [0.25, 0.3) is 11.3 Å². The van der Waals surface area contributed by atoms with Gasteiger partial charge in [-0.1, -0.05) is 0 Å². The molecule has 26 heavy (non-hydrogen) atoms. The van der Waals surface area contributed by atoms with Gasteiger partial charge in [0.2, 0.25) is 0 Å². The van der Waals surface area contributed by atoms with E-state index >= 15 is 0 Å². The van der Waals surface area contributed by atoms with Crippen LogP contribution in [0, 0.1) is 0 Å². The Morgan fingerprint density at radius 1 is 1.38 bits per heavy atom. The SMILES string of the molecule is CCNC(=O)N1CC[C@@]2(CCn3nc(-c4cnc(N)c(OC)c4)cc32)C1. The third kappa shape index (κ3) is 2.56. The van der Waals surface area contributed by atoms with Gasteiger partial charge in [0.25, 0.3) is 0 Å². The van der Waals surface area contributed by atoms with E-state index in [2.05, 4.69) is 21.0 Å². The van der Waals surface area contributed by atoms with Crippen molar-refractivity contribution < 1.29 is 9.53 Å². The summed E-state index contributed by atoms with van der Waals surface area (Å²) in [5.41, 5.74) is 8.76. The molecule has 1 saturated heterocycles. The maximum atomic E-state index is 12.2. The fourth-order valence-electron chi connectivity index (χ4n) is 4.08. The average molecular weight is 356 g/mol. The number of nitrogen functional groups attached to an aromatic ring is 1. The zero-order chi connectivity index (χ0) is 18.3. The van der Waals surface area contributed by atoms with Crippen LogP contribution in [0.4, 0.5) is 10.6 Å². The highest BCUT2D eigenvalue weighted by Crippen LogP contribution is 2.43. The van der Waals surface area contributed by atoms with Gasteiger partial charge in [-0.05, 0) is 31.9 Å². The van der Waals surface area contributed by atoms with Crippen molar-refractivity contribution in [2.45, 2.75) is 31.7 Å². The molecule has 2 aromatic heterocycles. The van der Waals surface area contributed by atoms with E-state index in [-0.39, 0.29) is 11.4 Å².